The summed E-state index contributed by atoms with van der Waals surface area (Å²) < 4.78 is 35.7. The maximum Gasteiger partial charge on any atom is 0.586 e. The van der Waals surface area contributed by atoms with E-state index in [0.717, 1.165) is 0 Å². The first-order valence-corrected chi connectivity index (χ1v) is 10.3. The quantitative estimate of drug-likeness (QED) is 0.568. The van der Waals surface area contributed by atoms with E-state index in [0.29, 0.717) is 40.9 Å². The second kappa shape index (κ2) is 7.33. The normalized spacial score (nSPS) is 16.8. The fourth-order valence-electron chi connectivity index (χ4n) is 3.92. The highest BCUT2D eigenvalue weighted by Crippen LogP contribution is 2.52. The summed E-state index contributed by atoms with van der Waals surface area (Å²) in [7, 11) is 0. The molecule has 0 atom stereocenters. The molecule has 1 aromatic heterocycles. The Labute approximate surface area is 187 Å². The Morgan fingerprint density at radius 1 is 1.06 bits per heavy atom. The van der Waals surface area contributed by atoms with Crippen LogP contribution in [0.1, 0.15) is 41.4 Å². The number of hydrogen-bond donors (Lipinski definition) is 1. The van der Waals surface area contributed by atoms with E-state index in [4.69, 9.17) is 0 Å². The Hall–Kier alpha value is -3.88. The summed E-state index contributed by atoms with van der Waals surface area (Å²) in [5.74, 6) is -0.285. The van der Waals surface area contributed by atoms with E-state index in [1.54, 1.807) is 31.2 Å². The van der Waals surface area contributed by atoms with E-state index in [2.05, 4.69) is 24.8 Å². The maximum atomic E-state index is 13.3. The van der Waals surface area contributed by atoms with Crippen LogP contribution >= 0.6 is 0 Å². The minimum Gasteiger partial charge on any atom is -0.395 e. The zero-order valence-corrected chi connectivity index (χ0v) is 17.8. The average Bonchev–Trinajstić information content (AvgIpc) is 3.52. The molecule has 1 aliphatic heterocycles. The topological polar surface area (TPSA) is 90.4 Å². The number of hydrogen-bond acceptors (Lipinski definition) is 6. The molecule has 0 bridgehead atoms. The van der Waals surface area contributed by atoms with Crippen LogP contribution in [0, 0.1) is 6.92 Å². The lowest BCUT2D eigenvalue weighted by molar-refractivity contribution is -0.286. The van der Waals surface area contributed by atoms with Gasteiger partial charge in [0.25, 0.3) is 0 Å². The molecule has 33 heavy (non-hydrogen) atoms. The Balaban J connectivity index is 1.40. The van der Waals surface area contributed by atoms with Crippen molar-refractivity contribution in [1.29, 1.82) is 0 Å². The maximum absolute atomic E-state index is 13.3. The van der Waals surface area contributed by atoms with E-state index >= 15 is 0 Å². The number of carbonyl (C=O) groups is 2. The molecule has 1 amide bonds. The van der Waals surface area contributed by atoms with E-state index in [9.17, 15) is 18.4 Å². The molecule has 0 unspecified atom stereocenters. The van der Waals surface area contributed by atoms with Gasteiger partial charge in [-0.1, -0.05) is 24.3 Å². The largest absolute Gasteiger partial charge is 0.586 e. The fourth-order valence-corrected chi connectivity index (χ4v) is 3.92. The van der Waals surface area contributed by atoms with Gasteiger partial charge in [-0.2, -0.15) is 0 Å². The summed E-state index contributed by atoms with van der Waals surface area (Å²) in [6.07, 6.45) is -1.14. The third-order valence-electron chi connectivity index (χ3n) is 5.88. The highest BCUT2D eigenvalue weighted by atomic mass is 19.3. The molecule has 0 spiro atoms. The Bertz CT molecular complexity index is 1300. The summed E-state index contributed by atoms with van der Waals surface area (Å²) >= 11 is 0. The standard InChI is InChI=1S/C24H19F2N3O4/c1-13-21(16-5-3-4-15(10-16)14(2)30)28-20(12-27-13)29-22(31)23(8-9-23)17-6-7-18-19(11-17)33-24(25,26)32-18/h3-7,10-12H,8-9H2,1-2H3,(H,28,29,31). The number of rotatable bonds is 5. The van der Waals surface area contributed by atoms with Gasteiger partial charge >= 0.3 is 6.29 Å². The molecule has 0 radical (unpaired) electrons. The monoisotopic (exact) mass is 451 g/mol. The van der Waals surface area contributed by atoms with Gasteiger partial charge < -0.3 is 14.8 Å². The molecular formula is C24H19F2N3O4. The summed E-state index contributed by atoms with van der Waals surface area (Å²) in [4.78, 5) is 33.8. The van der Waals surface area contributed by atoms with Crippen LogP contribution < -0.4 is 14.8 Å². The van der Waals surface area contributed by atoms with Gasteiger partial charge in [0.2, 0.25) is 5.91 Å². The van der Waals surface area contributed by atoms with Crippen LogP contribution in [0.25, 0.3) is 11.3 Å². The number of aryl methyl sites for hydroxylation is 1. The van der Waals surface area contributed by atoms with Crippen LogP contribution in [0.5, 0.6) is 11.5 Å². The van der Waals surface area contributed by atoms with Crippen molar-refractivity contribution in [1.82, 2.24) is 9.97 Å². The minimum atomic E-state index is -3.71. The number of halogens is 2. The van der Waals surface area contributed by atoms with Crippen LogP contribution in [0.3, 0.4) is 0 Å². The molecule has 5 rings (SSSR count). The van der Waals surface area contributed by atoms with Gasteiger partial charge in [-0.15, -0.1) is 8.78 Å². The van der Waals surface area contributed by atoms with Crippen LogP contribution in [0.2, 0.25) is 0 Å². The van der Waals surface area contributed by atoms with Gasteiger partial charge in [-0.25, -0.2) is 4.98 Å². The van der Waals surface area contributed by atoms with Gasteiger partial charge in [0.05, 0.1) is 23.0 Å². The number of anilines is 1. The van der Waals surface area contributed by atoms with E-state index in [1.807, 2.05) is 6.07 Å². The number of ether oxygens (including phenoxy) is 2. The van der Waals surface area contributed by atoms with Crippen LogP contribution in [-0.2, 0) is 10.2 Å². The molecule has 1 N–H and O–H groups in total. The van der Waals surface area contributed by atoms with Gasteiger partial charge in [0.15, 0.2) is 23.1 Å². The van der Waals surface area contributed by atoms with E-state index in [1.165, 1.54) is 25.3 Å². The SMILES string of the molecule is CC(=O)c1cccc(-c2nc(NC(=O)C3(c4ccc5c(c4)OC(F)(F)O5)CC3)cnc2C)c1. The number of benzene rings is 2. The predicted octanol–water partition coefficient (Wildman–Crippen LogP) is 4.65. The first kappa shape index (κ1) is 21.0. The van der Waals surface area contributed by atoms with Gasteiger partial charge in [-0.05, 0) is 50.5 Å². The smallest absolute Gasteiger partial charge is 0.395 e. The number of Topliss-reactive ketones (excluding diaryl/α,β-unsaturated/α-hetero) is 1. The molecule has 2 aliphatic rings. The number of ketones is 1. The third kappa shape index (κ3) is 3.79. The fraction of sp³-hybridized carbons (Fsp3) is 0.250. The van der Waals surface area contributed by atoms with Crippen molar-refractivity contribution in [3.63, 3.8) is 0 Å². The van der Waals surface area contributed by atoms with Gasteiger partial charge in [0.1, 0.15) is 0 Å². The van der Waals surface area contributed by atoms with Crippen molar-refractivity contribution >= 4 is 17.5 Å². The van der Waals surface area contributed by atoms with Crippen LogP contribution in [0.15, 0.2) is 48.7 Å². The Morgan fingerprint density at radius 2 is 1.82 bits per heavy atom. The summed E-state index contributed by atoms with van der Waals surface area (Å²) in [6, 6.07) is 11.4. The summed E-state index contributed by atoms with van der Waals surface area (Å²) in [6.45, 7) is 3.28. The minimum absolute atomic E-state index is 0.0657. The first-order valence-electron chi connectivity index (χ1n) is 10.3. The van der Waals surface area contributed by atoms with Crippen molar-refractivity contribution in [2.45, 2.75) is 38.4 Å². The number of alkyl halides is 2. The van der Waals surface area contributed by atoms with Gasteiger partial charge in [0, 0.05) is 11.1 Å². The number of aromatic nitrogens is 2. The zero-order valence-electron chi connectivity index (χ0n) is 17.8. The van der Waals surface area contributed by atoms with E-state index < -0.39 is 11.7 Å². The van der Waals surface area contributed by atoms with Crippen molar-refractivity contribution < 1.29 is 27.8 Å². The molecule has 2 heterocycles. The molecule has 3 aromatic rings. The molecule has 1 aliphatic carbocycles. The molecule has 9 heteroatoms. The molecule has 1 saturated carbocycles. The van der Waals surface area contributed by atoms with Crippen LogP contribution in [0.4, 0.5) is 14.6 Å². The Kier molecular flexibility index (Phi) is 4.66. The highest BCUT2D eigenvalue weighted by molar-refractivity contribution is 6.01. The number of nitrogens with zero attached hydrogens (tertiary/aromatic N) is 2. The summed E-state index contributed by atoms with van der Waals surface area (Å²) in [5.41, 5.74) is 2.15. The highest BCUT2D eigenvalue weighted by Gasteiger charge is 2.53. The number of nitrogens with one attached hydrogen (secondary N) is 1. The lowest BCUT2D eigenvalue weighted by atomic mass is 9.94. The average molecular weight is 451 g/mol. The Morgan fingerprint density at radius 3 is 2.55 bits per heavy atom. The van der Waals surface area contributed by atoms with E-state index in [-0.39, 0.29) is 29.0 Å². The summed E-state index contributed by atoms with van der Waals surface area (Å²) in [5, 5.41) is 2.80. The third-order valence-corrected chi connectivity index (χ3v) is 5.88. The predicted molar refractivity (Wildman–Crippen MR) is 114 cm³/mol. The second-order valence-corrected chi connectivity index (χ2v) is 8.19. The molecule has 2 aromatic carbocycles. The lowest BCUT2D eigenvalue weighted by Gasteiger charge is -2.16. The number of amides is 1. The van der Waals surface area contributed by atoms with Crippen LogP contribution in [-0.4, -0.2) is 28.0 Å². The van der Waals surface area contributed by atoms with Crippen molar-refractivity contribution in [3.05, 3.63) is 65.5 Å². The second-order valence-electron chi connectivity index (χ2n) is 8.19. The molecule has 7 nitrogen and oxygen atoms in total. The molecular weight excluding hydrogens is 432 g/mol. The van der Waals surface area contributed by atoms with Gasteiger partial charge in [-0.3, -0.25) is 14.6 Å². The lowest BCUT2D eigenvalue weighted by Crippen LogP contribution is -2.28. The number of fused-ring (bicyclic) bond motifs is 1. The van der Waals surface area contributed by atoms with Crippen molar-refractivity contribution in [3.8, 4) is 22.8 Å². The number of carbonyl (C=O) groups excluding carboxylic acids is 2. The van der Waals surface area contributed by atoms with Crippen molar-refractivity contribution in [2.75, 3.05) is 5.32 Å². The zero-order chi connectivity index (χ0) is 23.4. The molecule has 1 fully saturated rings. The van der Waals surface area contributed by atoms with Crippen molar-refractivity contribution in [2.24, 2.45) is 0 Å². The first-order chi connectivity index (χ1) is 15.7. The molecule has 0 saturated heterocycles. The molecule has 168 valence electrons.